The van der Waals surface area contributed by atoms with Gasteiger partial charge in [0.1, 0.15) is 22.4 Å². The van der Waals surface area contributed by atoms with Crippen molar-refractivity contribution in [2.24, 2.45) is 0 Å². The second-order valence-electron chi connectivity index (χ2n) is 7.92. The molecule has 1 fully saturated rings. The zero-order chi connectivity index (χ0) is 24.9. The molecular formula is C27H22BrN3O3S. The summed E-state index contributed by atoms with van der Waals surface area (Å²) in [5.41, 5.74) is 3.06. The molecule has 1 heterocycles. The number of halogens is 1. The molecule has 8 heteroatoms. The van der Waals surface area contributed by atoms with Crippen LogP contribution in [-0.4, -0.2) is 24.2 Å². The smallest absolute Gasteiger partial charge is 0.269 e. The fraction of sp³-hybridized carbons (Fsp3) is 0.148. The van der Waals surface area contributed by atoms with Crippen LogP contribution in [0.5, 0.6) is 5.75 Å². The molecule has 176 valence electrons. The molecule has 0 spiro atoms. The summed E-state index contributed by atoms with van der Waals surface area (Å²) in [6.45, 7) is 1.95. The van der Waals surface area contributed by atoms with E-state index in [4.69, 9.17) is 4.74 Å². The van der Waals surface area contributed by atoms with Crippen LogP contribution in [0, 0.1) is 18.3 Å². The van der Waals surface area contributed by atoms with Gasteiger partial charge in [-0.05, 0) is 67.4 Å². The van der Waals surface area contributed by atoms with Gasteiger partial charge in [-0.15, -0.1) is 0 Å². The summed E-state index contributed by atoms with van der Waals surface area (Å²) in [4.78, 5) is 28.2. The highest BCUT2D eigenvalue weighted by atomic mass is 79.9. The highest BCUT2D eigenvalue weighted by Crippen LogP contribution is 2.42. The van der Waals surface area contributed by atoms with Crippen molar-refractivity contribution in [3.05, 3.63) is 99.0 Å². The molecular weight excluding hydrogens is 526 g/mol. The largest absolute Gasteiger partial charge is 0.497 e. The van der Waals surface area contributed by atoms with Crippen LogP contribution >= 0.6 is 27.7 Å². The van der Waals surface area contributed by atoms with Gasteiger partial charge in [0, 0.05) is 15.8 Å². The predicted octanol–water partition coefficient (Wildman–Crippen LogP) is 5.83. The molecule has 0 aromatic heterocycles. The summed E-state index contributed by atoms with van der Waals surface area (Å²) < 4.78 is 6.19. The molecule has 1 atom stereocenters. The maximum atomic E-state index is 13.6. The molecule has 0 aliphatic carbocycles. The highest BCUT2D eigenvalue weighted by Gasteiger charge is 2.40. The first-order valence-electron chi connectivity index (χ1n) is 10.8. The summed E-state index contributed by atoms with van der Waals surface area (Å²) in [5.74, 6) is -0.106. The number of carbonyl (C=O) groups is 2. The molecule has 0 saturated carbocycles. The molecule has 1 saturated heterocycles. The van der Waals surface area contributed by atoms with E-state index in [-0.39, 0.29) is 11.5 Å². The fourth-order valence-corrected chi connectivity index (χ4v) is 5.19. The lowest BCUT2D eigenvalue weighted by Gasteiger charge is -2.19. The molecule has 6 nitrogen and oxygen atoms in total. The fourth-order valence-electron chi connectivity index (χ4n) is 3.62. The van der Waals surface area contributed by atoms with Crippen molar-refractivity contribution in [1.29, 1.82) is 5.26 Å². The summed E-state index contributed by atoms with van der Waals surface area (Å²) in [6.07, 6.45) is 0.464. The molecule has 1 aliphatic heterocycles. The van der Waals surface area contributed by atoms with Crippen LogP contribution in [0.2, 0.25) is 0 Å². The van der Waals surface area contributed by atoms with Gasteiger partial charge in [0.25, 0.3) is 5.91 Å². The van der Waals surface area contributed by atoms with Crippen LogP contribution < -0.4 is 15.0 Å². The van der Waals surface area contributed by atoms with Gasteiger partial charge in [-0.1, -0.05) is 57.5 Å². The number of nitrogens with zero attached hydrogens (tertiary/aromatic N) is 2. The molecule has 0 bridgehead atoms. The summed E-state index contributed by atoms with van der Waals surface area (Å²) in [7, 11) is 1.56. The topological polar surface area (TPSA) is 82.4 Å². The van der Waals surface area contributed by atoms with Crippen LogP contribution in [0.1, 0.15) is 11.1 Å². The average molecular weight is 548 g/mol. The quantitative estimate of drug-likeness (QED) is 0.310. The van der Waals surface area contributed by atoms with Gasteiger partial charge in [-0.25, -0.2) is 0 Å². The molecule has 3 aromatic rings. The van der Waals surface area contributed by atoms with Crippen molar-refractivity contribution in [2.75, 3.05) is 17.3 Å². The lowest BCUT2D eigenvalue weighted by Crippen LogP contribution is -2.30. The van der Waals surface area contributed by atoms with Crippen molar-refractivity contribution in [3.63, 3.8) is 0 Å². The summed E-state index contributed by atoms with van der Waals surface area (Å²) in [5, 5.41) is 12.6. The van der Waals surface area contributed by atoms with Crippen molar-refractivity contribution in [2.45, 2.75) is 18.6 Å². The van der Waals surface area contributed by atoms with Gasteiger partial charge in [0.2, 0.25) is 5.91 Å². The van der Waals surface area contributed by atoms with Crippen LogP contribution in [-0.2, 0) is 16.0 Å². The van der Waals surface area contributed by atoms with E-state index < -0.39 is 11.2 Å². The molecule has 35 heavy (non-hydrogen) atoms. The zero-order valence-corrected chi connectivity index (χ0v) is 21.5. The normalized spacial score (nSPS) is 16.6. The maximum absolute atomic E-state index is 13.6. The maximum Gasteiger partial charge on any atom is 0.269 e. The Morgan fingerprint density at radius 1 is 1.09 bits per heavy atom. The number of rotatable bonds is 6. The molecule has 1 N–H and O–H groups in total. The Morgan fingerprint density at radius 3 is 2.34 bits per heavy atom. The zero-order valence-electron chi connectivity index (χ0n) is 19.1. The summed E-state index contributed by atoms with van der Waals surface area (Å²) >= 11 is 4.66. The molecule has 4 rings (SSSR count). The number of nitrogens with one attached hydrogen (secondary N) is 1. The van der Waals surface area contributed by atoms with E-state index in [0.717, 1.165) is 15.6 Å². The van der Waals surface area contributed by atoms with Crippen molar-refractivity contribution in [1.82, 2.24) is 0 Å². The van der Waals surface area contributed by atoms with Gasteiger partial charge >= 0.3 is 0 Å². The van der Waals surface area contributed by atoms with Crippen LogP contribution in [0.4, 0.5) is 11.4 Å². The molecule has 3 aromatic carbocycles. The lowest BCUT2D eigenvalue weighted by atomic mass is 10.1. The minimum atomic E-state index is -0.561. The number of hydrogen-bond acceptors (Lipinski definition) is 5. The van der Waals surface area contributed by atoms with E-state index in [1.165, 1.54) is 16.7 Å². The number of thioether (sulfide) groups is 1. The lowest BCUT2D eigenvalue weighted by molar-refractivity contribution is -0.117. The van der Waals surface area contributed by atoms with Crippen molar-refractivity contribution < 1.29 is 14.3 Å². The van der Waals surface area contributed by atoms with E-state index in [2.05, 4.69) is 21.2 Å². The number of benzene rings is 3. The third kappa shape index (κ3) is 5.59. The predicted molar refractivity (Wildman–Crippen MR) is 142 cm³/mol. The van der Waals surface area contributed by atoms with E-state index >= 15 is 0 Å². The van der Waals surface area contributed by atoms with Gasteiger partial charge in [-0.3, -0.25) is 14.5 Å². The third-order valence-electron chi connectivity index (χ3n) is 5.48. The first kappa shape index (κ1) is 24.6. The van der Waals surface area contributed by atoms with Crippen LogP contribution in [0.15, 0.2) is 87.9 Å². The number of hydrogen-bond donors (Lipinski definition) is 1. The molecule has 1 aliphatic rings. The van der Waals surface area contributed by atoms with E-state index in [1.54, 1.807) is 43.5 Å². The van der Waals surface area contributed by atoms with E-state index in [1.807, 2.05) is 49.4 Å². The van der Waals surface area contributed by atoms with E-state index in [0.29, 0.717) is 28.6 Å². The standard InChI is InChI=1S/C27H22BrN3O3S/c1-17-3-9-20(10-4-17)30-25(32)23(16-29)27-31(21-11-13-22(34-2)14-12-21)26(33)24(35-27)15-18-5-7-19(28)8-6-18/h3-14,24H,15H2,1-2H3,(H,30,32)/b27-23-. The van der Waals surface area contributed by atoms with Crippen LogP contribution in [0.3, 0.4) is 0 Å². The number of carbonyl (C=O) groups excluding carboxylic acids is 2. The Bertz CT molecular complexity index is 1310. The molecule has 0 radical (unpaired) electrons. The Balaban J connectivity index is 1.71. The number of amides is 2. The number of anilines is 2. The second-order valence-corrected chi connectivity index (χ2v) is 10.0. The highest BCUT2D eigenvalue weighted by molar-refractivity contribution is 9.10. The Labute approximate surface area is 216 Å². The van der Waals surface area contributed by atoms with Crippen molar-refractivity contribution >= 4 is 50.9 Å². The first-order valence-corrected chi connectivity index (χ1v) is 12.5. The Kier molecular flexibility index (Phi) is 7.59. The SMILES string of the molecule is COc1ccc(N2C(=O)C(Cc3ccc(Br)cc3)S/C2=C(/C#N)C(=O)Nc2ccc(C)cc2)cc1. The Hall–Kier alpha value is -3.54. The first-order chi connectivity index (χ1) is 16.9. The van der Waals surface area contributed by atoms with Gasteiger partial charge < -0.3 is 10.1 Å². The summed E-state index contributed by atoms with van der Waals surface area (Å²) in [6, 6.07) is 24.1. The average Bonchev–Trinajstić information content (AvgIpc) is 3.17. The number of methoxy groups -OCH3 is 1. The van der Waals surface area contributed by atoms with Gasteiger partial charge in [0.15, 0.2) is 0 Å². The molecule has 1 unspecified atom stereocenters. The van der Waals surface area contributed by atoms with Gasteiger partial charge in [0.05, 0.1) is 12.4 Å². The third-order valence-corrected chi connectivity index (χ3v) is 7.27. The monoisotopic (exact) mass is 547 g/mol. The second kappa shape index (κ2) is 10.8. The molecule has 2 amide bonds. The van der Waals surface area contributed by atoms with Gasteiger partial charge in [-0.2, -0.15) is 5.26 Å². The number of ether oxygens (including phenoxy) is 1. The minimum absolute atomic E-state index is 0.113. The number of nitriles is 1. The minimum Gasteiger partial charge on any atom is -0.497 e. The van der Waals surface area contributed by atoms with Crippen LogP contribution in [0.25, 0.3) is 0 Å². The Morgan fingerprint density at radius 2 is 1.74 bits per heavy atom. The van der Waals surface area contributed by atoms with E-state index in [9.17, 15) is 14.9 Å². The number of aryl methyl sites for hydroxylation is 1. The van der Waals surface area contributed by atoms with Crippen molar-refractivity contribution in [3.8, 4) is 11.8 Å².